The molecule has 2 aromatic carbocycles. The van der Waals surface area contributed by atoms with Gasteiger partial charge in [0.1, 0.15) is 19.3 Å². The quantitative estimate of drug-likeness (QED) is 0.321. The third-order valence-electron chi connectivity index (χ3n) is 4.95. The van der Waals surface area contributed by atoms with E-state index in [2.05, 4.69) is 44.1 Å². The number of amides is 1. The van der Waals surface area contributed by atoms with Gasteiger partial charge in [-0.2, -0.15) is 5.26 Å². The van der Waals surface area contributed by atoms with Crippen LogP contribution in [0, 0.1) is 23.2 Å². The lowest BCUT2D eigenvalue weighted by Gasteiger charge is -2.36. The molecule has 35 heavy (non-hydrogen) atoms. The molecule has 0 saturated carbocycles. The monoisotopic (exact) mass is 554 g/mol. The van der Waals surface area contributed by atoms with E-state index < -0.39 is 23.5 Å². The maximum atomic E-state index is 13.0. The van der Waals surface area contributed by atoms with Gasteiger partial charge in [-0.15, -0.1) is 0 Å². The van der Waals surface area contributed by atoms with Crippen molar-refractivity contribution in [1.82, 2.24) is 4.98 Å². The summed E-state index contributed by atoms with van der Waals surface area (Å²) >= 11 is 8.78. The first-order valence-electron chi connectivity index (χ1n) is 10.3. The zero-order valence-electron chi connectivity index (χ0n) is 18.8. The number of benzene rings is 2. The Labute approximate surface area is 215 Å². The van der Waals surface area contributed by atoms with Crippen LogP contribution in [0.3, 0.4) is 0 Å². The van der Waals surface area contributed by atoms with Crippen LogP contribution in [0.25, 0.3) is 10.9 Å². The third-order valence-corrected chi connectivity index (χ3v) is 5.55. The number of nitrogens with zero attached hydrogens (tertiary/aromatic N) is 3. The summed E-state index contributed by atoms with van der Waals surface area (Å²) in [6.45, 7) is 2.66. The Morgan fingerprint density at radius 1 is 1.29 bits per heavy atom. The van der Waals surface area contributed by atoms with E-state index in [1.807, 2.05) is 24.3 Å². The molecule has 0 bridgehead atoms. The van der Waals surface area contributed by atoms with Crippen molar-refractivity contribution in [2.75, 3.05) is 23.4 Å². The molecule has 1 aromatic heterocycles. The molecule has 0 aliphatic carbocycles. The normalized spacial score (nSPS) is 10.6. The zero-order chi connectivity index (χ0) is 25.6. The average Bonchev–Trinajstić information content (AvgIpc) is 2.82. The number of rotatable bonds is 6. The minimum atomic E-state index is -1.06. The third kappa shape index (κ3) is 6.28. The number of fused-ring (bicyclic) bond motifs is 1. The number of nitriles is 1. The molecule has 0 radical (unpaired) electrons. The lowest BCUT2D eigenvalue weighted by molar-refractivity contribution is -0.114. The van der Waals surface area contributed by atoms with Gasteiger partial charge in [-0.1, -0.05) is 27.9 Å². The standard InChI is InChI=1S/C25H20BrClN4O4/c1-25(2,15-35-24(27)34)31(22(33)7-4-10-32)19-8-9-21-20(12-19)23(16(13-28)14-29-21)30-18-6-3-5-17(26)11-18/h3,5-6,8-9,11-12,14,32H,10,15H2,1-2H3,(H,29,30). The van der Waals surface area contributed by atoms with Crippen LogP contribution in [0.15, 0.2) is 53.1 Å². The minimum Gasteiger partial charge on any atom is -0.451 e. The fraction of sp³-hybridized carbons (Fsp3) is 0.200. The van der Waals surface area contributed by atoms with Crippen LogP contribution in [0.1, 0.15) is 19.4 Å². The topological polar surface area (TPSA) is 116 Å². The number of anilines is 3. The summed E-state index contributed by atoms with van der Waals surface area (Å²) in [5, 5.41) is 22.6. The smallest absolute Gasteiger partial charge is 0.403 e. The highest BCUT2D eigenvalue weighted by Crippen LogP contribution is 2.34. The Hall–Kier alpha value is -3.63. The van der Waals surface area contributed by atoms with Crippen molar-refractivity contribution in [3.63, 3.8) is 0 Å². The first kappa shape index (κ1) is 26.0. The second kappa shape index (κ2) is 11.2. The zero-order valence-corrected chi connectivity index (χ0v) is 21.1. The van der Waals surface area contributed by atoms with Gasteiger partial charge in [0, 0.05) is 39.0 Å². The minimum absolute atomic E-state index is 0.209. The molecule has 0 aliphatic rings. The summed E-state index contributed by atoms with van der Waals surface area (Å²) in [7, 11) is 0. The van der Waals surface area contributed by atoms with E-state index in [0.29, 0.717) is 27.8 Å². The van der Waals surface area contributed by atoms with Gasteiger partial charge in [-0.25, -0.2) is 4.79 Å². The highest BCUT2D eigenvalue weighted by Gasteiger charge is 2.33. The van der Waals surface area contributed by atoms with Gasteiger partial charge in [-0.3, -0.25) is 14.7 Å². The number of carbonyl (C=O) groups is 2. The second-order valence-electron chi connectivity index (χ2n) is 7.93. The largest absolute Gasteiger partial charge is 0.451 e. The van der Waals surface area contributed by atoms with Crippen molar-refractivity contribution in [2.24, 2.45) is 0 Å². The summed E-state index contributed by atoms with van der Waals surface area (Å²) in [4.78, 5) is 30.0. The number of ether oxygens (including phenoxy) is 1. The fourth-order valence-electron chi connectivity index (χ4n) is 3.46. The van der Waals surface area contributed by atoms with Gasteiger partial charge in [0.05, 0.1) is 22.3 Å². The number of carbonyl (C=O) groups excluding carboxylic acids is 2. The second-order valence-corrected chi connectivity index (χ2v) is 9.16. The van der Waals surface area contributed by atoms with Gasteiger partial charge < -0.3 is 15.2 Å². The molecule has 0 unspecified atom stereocenters. The maximum absolute atomic E-state index is 13.0. The molecule has 0 aliphatic heterocycles. The lowest BCUT2D eigenvalue weighted by atomic mass is 10.0. The Morgan fingerprint density at radius 3 is 2.71 bits per heavy atom. The predicted octanol–water partition coefficient (Wildman–Crippen LogP) is 5.10. The molecule has 10 heteroatoms. The molecule has 0 saturated heterocycles. The van der Waals surface area contributed by atoms with Crippen LogP contribution >= 0.6 is 27.5 Å². The molecule has 3 rings (SSSR count). The van der Waals surface area contributed by atoms with Gasteiger partial charge in [-0.05, 0) is 56.2 Å². The van der Waals surface area contributed by atoms with Gasteiger partial charge >= 0.3 is 11.3 Å². The number of aliphatic hydroxyl groups is 1. The fourth-order valence-corrected chi connectivity index (χ4v) is 3.91. The number of hydrogen-bond acceptors (Lipinski definition) is 7. The van der Waals surface area contributed by atoms with E-state index in [0.717, 1.165) is 10.2 Å². The van der Waals surface area contributed by atoms with Crippen LogP contribution in [-0.2, 0) is 9.53 Å². The van der Waals surface area contributed by atoms with E-state index in [1.165, 1.54) is 11.1 Å². The molecule has 8 nitrogen and oxygen atoms in total. The Kier molecular flexibility index (Phi) is 8.31. The summed E-state index contributed by atoms with van der Waals surface area (Å²) in [5.41, 5.74) is 0.499. The first-order chi connectivity index (χ1) is 16.7. The summed E-state index contributed by atoms with van der Waals surface area (Å²) in [6.07, 6.45) is 1.47. The molecule has 0 atom stereocenters. The van der Waals surface area contributed by atoms with Crippen LogP contribution in [0.5, 0.6) is 0 Å². The number of pyridine rings is 1. The van der Waals surface area contributed by atoms with E-state index >= 15 is 0 Å². The molecular weight excluding hydrogens is 536 g/mol. The number of halogens is 2. The van der Waals surface area contributed by atoms with Crippen molar-refractivity contribution >= 4 is 66.8 Å². The predicted molar refractivity (Wildman–Crippen MR) is 138 cm³/mol. The van der Waals surface area contributed by atoms with Crippen LogP contribution < -0.4 is 10.2 Å². The number of aliphatic hydroxyl groups excluding tert-OH is 1. The van der Waals surface area contributed by atoms with Crippen LogP contribution in [-0.4, -0.2) is 40.2 Å². The molecular formula is C25H20BrClN4O4. The van der Waals surface area contributed by atoms with Crippen molar-refractivity contribution in [2.45, 2.75) is 19.4 Å². The number of nitrogens with one attached hydrogen (secondary N) is 1. The summed E-state index contributed by atoms with van der Waals surface area (Å²) in [6, 6.07) is 14.7. The summed E-state index contributed by atoms with van der Waals surface area (Å²) < 4.78 is 5.82. The molecule has 1 heterocycles. The molecule has 1 amide bonds. The first-order valence-corrected chi connectivity index (χ1v) is 11.4. The van der Waals surface area contributed by atoms with E-state index in [4.69, 9.17) is 21.4 Å². The average molecular weight is 556 g/mol. The Balaban J connectivity index is 2.19. The molecule has 2 N–H and O–H groups in total. The Bertz CT molecular complexity index is 1390. The van der Waals surface area contributed by atoms with Crippen molar-refractivity contribution in [3.05, 3.63) is 58.7 Å². The number of hydrogen-bond donors (Lipinski definition) is 2. The van der Waals surface area contributed by atoms with Crippen molar-refractivity contribution in [1.29, 1.82) is 5.26 Å². The molecule has 3 aromatic rings. The molecule has 178 valence electrons. The molecule has 0 spiro atoms. The van der Waals surface area contributed by atoms with Gasteiger partial charge in [0.15, 0.2) is 0 Å². The van der Waals surface area contributed by atoms with E-state index in [9.17, 15) is 14.9 Å². The summed E-state index contributed by atoms with van der Waals surface area (Å²) in [5.74, 6) is 4.10. The van der Waals surface area contributed by atoms with Crippen LogP contribution in [0.4, 0.5) is 21.9 Å². The Morgan fingerprint density at radius 2 is 2.06 bits per heavy atom. The van der Waals surface area contributed by atoms with Crippen LogP contribution in [0.2, 0.25) is 0 Å². The highest BCUT2D eigenvalue weighted by molar-refractivity contribution is 9.10. The lowest BCUT2D eigenvalue weighted by Crippen LogP contribution is -2.51. The van der Waals surface area contributed by atoms with Crippen molar-refractivity contribution < 1.29 is 19.4 Å². The van der Waals surface area contributed by atoms with E-state index in [-0.39, 0.29) is 6.61 Å². The maximum Gasteiger partial charge on any atom is 0.403 e. The number of aromatic nitrogens is 1. The van der Waals surface area contributed by atoms with Crippen molar-refractivity contribution in [3.8, 4) is 17.9 Å². The van der Waals surface area contributed by atoms with Gasteiger partial charge in [0.25, 0.3) is 0 Å². The SMILES string of the molecule is CC(C)(COC(=O)Cl)N(C(=O)C#CCO)c1ccc2ncc(C#N)c(Nc3cccc(Br)c3)c2c1. The van der Waals surface area contributed by atoms with Gasteiger partial charge in [0.2, 0.25) is 0 Å². The highest BCUT2D eigenvalue weighted by atomic mass is 79.9. The van der Waals surface area contributed by atoms with E-state index in [1.54, 1.807) is 32.0 Å². The molecule has 0 fully saturated rings.